The molecule has 3 heteroatoms. The average molecular weight is 1430 g/mol. The van der Waals surface area contributed by atoms with Gasteiger partial charge in [0.25, 0.3) is 0 Å². The summed E-state index contributed by atoms with van der Waals surface area (Å²) >= 11 is 0. The van der Waals surface area contributed by atoms with E-state index in [9.17, 15) is 0 Å². The van der Waals surface area contributed by atoms with Crippen molar-refractivity contribution in [1.29, 1.82) is 0 Å². The monoisotopic (exact) mass is 1430 g/mol. The summed E-state index contributed by atoms with van der Waals surface area (Å²) in [6.07, 6.45) is 133. The van der Waals surface area contributed by atoms with Gasteiger partial charge in [-0.15, -0.1) is 0 Å². The van der Waals surface area contributed by atoms with Crippen molar-refractivity contribution < 1.29 is 0 Å². The van der Waals surface area contributed by atoms with Gasteiger partial charge in [0, 0.05) is 37.0 Å². The van der Waals surface area contributed by atoms with E-state index in [2.05, 4.69) is 41.5 Å². The van der Waals surface area contributed by atoms with Crippen molar-refractivity contribution in [2.75, 3.05) is 37.0 Å². The highest BCUT2D eigenvalue weighted by atomic mass is 31.2. The first-order valence-corrected chi connectivity index (χ1v) is 53.1. The molecule has 0 heterocycles. The lowest BCUT2D eigenvalue weighted by Gasteiger charge is -2.20. The first-order valence-electron chi connectivity index (χ1n) is 48.5. The van der Waals surface area contributed by atoms with Crippen LogP contribution in [0.3, 0.4) is 0 Å². The van der Waals surface area contributed by atoms with E-state index in [-0.39, 0.29) is 0 Å². The Morgan fingerprint density at radius 1 is 0.101 bits per heavy atom. The van der Waals surface area contributed by atoms with Gasteiger partial charge in [-0.1, -0.05) is 542 Å². The molecular weight excluding hydrogens is 1230 g/mol. The van der Waals surface area contributed by atoms with Crippen LogP contribution in [0.2, 0.25) is 0 Å². The van der Waals surface area contributed by atoms with Crippen molar-refractivity contribution in [3.8, 4) is 0 Å². The first kappa shape index (κ1) is 99.6. The van der Waals surface area contributed by atoms with Crippen molar-refractivity contribution in [3.05, 3.63) is 0 Å². The fraction of sp³-hybridized carbons (Fsp3) is 1.00. The Morgan fingerprint density at radius 2 is 0.172 bits per heavy atom. The zero-order valence-electron chi connectivity index (χ0n) is 71.0. The highest BCUT2D eigenvalue weighted by Crippen LogP contribution is 2.56. The van der Waals surface area contributed by atoms with Crippen molar-refractivity contribution in [2.24, 2.45) is 0 Å². The Balaban J connectivity index is 7.05. The topological polar surface area (TPSA) is 14.1 Å². The van der Waals surface area contributed by atoms with E-state index < -0.39 is 14.1 Å². The maximum absolute atomic E-state index is 7.16. The Kier molecular flexibility index (Phi) is 88.0. The molecule has 0 spiro atoms. The highest BCUT2D eigenvalue weighted by Gasteiger charge is 2.35. The standard InChI is InChI=1S/C96H198NP2/c1-7-13-19-25-31-37-43-49-55-61-67-73-79-85-91-98(92-86-80-74-68-62-56-50-44-38-32-26-20-14-8-2,93-87-81-75-69-63-57-51-45-39-33-27-21-15-9-3)97-99(94-88-82-76-70-64-58-52-46-40-34-28-22-16-10-4,95-89-83-77-71-65-59-53-47-41-35-29-23-17-11-5)96-90-84-78-72-66-60-54-48-42-36-30-24-18-12-6/h7-96H2,1-6H3/q+1. The molecule has 0 aromatic heterocycles. The van der Waals surface area contributed by atoms with Crippen LogP contribution < -0.4 is 4.17 Å². The summed E-state index contributed by atoms with van der Waals surface area (Å²) in [5.41, 5.74) is 0. The fourth-order valence-electron chi connectivity index (χ4n) is 16.9. The minimum Gasteiger partial charge on any atom is -0.176 e. The molecular formula is C96H198NP2+. The van der Waals surface area contributed by atoms with Crippen LogP contribution in [0.1, 0.15) is 581 Å². The van der Waals surface area contributed by atoms with E-state index >= 15 is 0 Å². The molecule has 0 bridgehead atoms. The maximum Gasteiger partial charge on any atom is 0.216 e. The van der Waals surface area contributed by atoms with E-state index in [1.54, 1.807) is 37.0 Å². The maximum atomic E-state index is 7.16. The molecule has 0 aliphatic heterocycles. The predicted octanol–water partition coefficient (Wildman–Crippen LogP) is 37.3. The Hall–Kier alpha value is 0.570. The molecule has 0 fully saturated rings. The number of rotatable bonds is 90. The summed E-state index contributed by atoms with van der Waals surface area (Å²) in [7, 11) is -2.92. The summed E-state index contributed by atoms with van der Waals surface area (Å²) in [5.74, 6) is 0. The summed E-state index contributed by atoms with van der Waals surface area (Å²) in [6, 6.07) is 0. The minimum atomic E-state index is -1.46. The number of hydrogen-bond acceptors (Lipinski definition) is 0. The second-order valence-corrected chi connectivity index (χ2v) is 42.0. The molecule has 0 aliphatic carbocycles. The number of unbranched alkanes of at least 4 members (excludes halogenated alkanes) is 78. The van der Waals surface area contributed by atoms with Crippen LogP contribution in [0.15, 0.2) is 0 Å². The predicted molar refractivity (Wildman–Crippen MR) is 467 cm³/mol. The van der Waals surface area contributed by atoms with Crippen LogP contribution in [0.25, 0.3) is 0 Å². The second-order valence-electron chi connectivity index (χ2n) is 34.2. The minimum absolute atomic E-state index is 1.37. The summed E-state index contributed by atoms with van der Waals surface area (Å²) < 4.78 is 7.16. The van der Waals surface area contributed by atoms with Gasteiger partial charge in [-0.2, -0.15) is 4.17 Å². The smallest absolute Gasteiger partial charge is 0.176 e. The van der Waals surface area contributed by atoms with Gasteiger partial charge in [0.15, 0.2) is 0 Å². The van der Waals surface area contributed by atoms with Crippen LogP contribution >= 0.6 is 14.1 Å². The van der Waals surface area contributed by atoms with Crippen molar-refractivity contribution >= 4 is 14.1 Å². The Bertz CT molecular complexity index is 1280. The van der Waals surface area contributed by atoms with Crippen LogP contribution in [0.5, 0.6) is 0 Å². The first-order chi connectivity index (χ1) is 49.1. The van der Waals surface area contributed by atoms with Gasteiger partial charge in [-0.05, 0) is 38.5 Å². The van der Waals surface area contributed by atoms with Crippen LogP contribution in [-0.4, -0.2) is 37.0 Å². The van der Waals surface area contributed by atoms with Crippen LogP contribution in [0.4, 0.5) is 0 Å². The van der Waals surface area contributed by atoms with E-state index in [0.29, 0.717) is 0 Å². The molecule has 0 radical (unpaired) electrons. The molecule has 0 aromatic carbocycles. The van der Waals surface area contributed by atoms with Crippen molar-refractivity contribution in [1.82, 2.24) is 4.17 Å². The van der Waals surface area contributed by atoms with Gasteiger partial charge < -0.3 is 0 Å². The van der Waals surface area contributed by atoms with Gasteiger partial charge in [0.1, 0.15) is 0 Å². The molecule has 0 rings (SSSR count). The van der Waals surface area contributed by atoms with E-state index in [0.717, 1.165) is 0 Å². The van der Waals surface area contributed by atoms with Gasteiger partial charge >= 0.3 is 0 Å². The molecule has 0 aliphatic rings. The van der Waals surface area contributed by atoms with Crippen LogP contribution in [0, 0.1) is 0 Å². The molecule has 0 saturated carbocycles. The molecule has 0 aromatic rings. The lowest BCUT2D eigenvalue weighted by atomic mass is 10.0. The molecule has 0 saturated heterocycles. The van der Waals surface area contributed by atoms with E-state index in [1.807, 2.05) is 0 Å². The second kappa shape index (κ2) is 87.5. The highest BCUT2D eigenvalue weighted by molar-refractivity contribution is 7.73. The zero-order chi connectivity index (χ0) is 71.3. The van der Waals surface area contributed by atoms with E-state index in [1.165, 1.54) is 539 Å². The molecule has 0 amide bonds. The van der Waals surface area contributed by atoms with Crippen molar-refractivity contribution in [3.63, 3.8) is 0 Å². The molecule has 99 heavy (non-hydrogen) atoms. The van der Waals surface area contributed by atoms with Gasteiger partial charge in [0.05, 0.1) is 0 Å². The number of nitrogens with zero attached hydrogens (tertiary/aromatic N) is 1. The van der Waals surface area contributed by atoms with Gasteiger partial charge in [-0.3, -0.25) is 0 Å². The summed E-state index contributed by atoms with van der Waals surface area (Å²) in [4.78, 5) is 0. The lowest BCUT2D eigenvalue weighted by molar-refractivity contribution is 0.537. The third-order valence-corrected chi connectivity index (χ3v) is 33.9. The molecule has 0 N–H and O–H groups in total. The molecule has 0 unspecified atom stereocenters. The van der Waals surface area contributed by atoms with Crippen molar-refractivity contribution in [2.45, 2.75) is 581 Å². The van der Waals surface area contributed by atoms with Gasteiger partial charge in [-0.25, -0.2) is 0 Å². The fourth-order valence-corrected chi connectivity index (χ4v) is 28.5. The van der Waals surface area contributed by atoms with E-state index in [4.69, 9.17) is 4.17 Å². The molecule has 1 nitrogen and oxygen atoms in total. The Morgan fingerprint density at radius 3 is 0.253 bits per heavy atom. The van der Waals surface area contributed by atoms with Crippen LogP contribution in [-0.2, 0) is 0 Å². The number of hydrogen-bond donors (Lipinski definition) is 0. The quantitative estimate of drug-likeness (QED) is 0.0327. The summed E-state index contributed by atoms with van der Waals surface area (Å²) in [5, 5.41) is 0. The molecule has 596 valence electrons. The SMILES string of the molecule is CCCCCCCCCCCCCCCCP(CCCCCCCCCCCCCCCC)(CCCCCCCCCCCCCCCC)=[N+]=P(CCCCCCCCCCCCCCCC)(CCCCCCCCCCCCCCCC)CCCCCCCCCCCCCCCC. The third-order valence-electron chi connectivity index (χ3n) is 23.9. The van der Waals surface area contributed by atoms with Gasteiger partial charge in [0.2, 0.25) is 14.1 Å². The third kappa shape index (κ3) is 78.0. The normalized spacial score (nSPS) is 12.1. The largest absolute Gasteiger partial charge is 0.216 e. The molecule has 0 atom stereocenters. The average Bonchev–Trinajstić information content (AvgIpc) is 0.828. The Labute approximate surface area is 632 Å². The summed E-state index contributed by atoms with van der Waals surface area (Å²) in [6.45, 7) is 14.1. The lowest BCUT2D eigenvalue weighted by Crippen LogP contribution is -2.10. The zero-order valence-corrected chi connectivity index (χ0v) is 72.8.